The van der Waals surface area contributed by atoms with Gasteiger partial charge in [0.05, 0.1) is 24.8 Å². The summed E-state index contributed by atoms with van der Waals surface area (Å²) < 4.78 is 32.5. The molecule has 9 heteroatoms. The maximum Gasteiger partial charge on any atom is 0.387 e. The van der Waals surface area contributed by atoms with Crippen LogP contribution in [0.15, 0.2) is 60.9 Å². The normalized spacial score (nSPS) is 17.7. The molecular formula is C30H35F2N5O2. The van der Waals surface area contributed by atoms with Crippen LogP contribution in [0.4, 0.5) is 8.78 Å². The molecule has 7 nitrogen and oxygen atoms in total. The number of hydrogen-bond acceptors (Lipinski definition) is 5. The highest BCUT2D eigenvalue weighted by molar-refractivity contribution is 5.89. The first-order valence-corrected chi connectivity index (χ1v) is 13.4. The molecule has 0 radical (unpaired) electrons. The predicted molar refractivity (Wildman–Crippen MR) is 146 cm³/mol. The van der Waals surface area contributed by atoms with E-state index in [1.165, 1.54) is 6.07 Å². The lowest BCUT2D eigenvalue weighted by atomic mass is 9.97. The molecule has 0 bridgehead atoms. The molecule has 3 aromatic rings. The van der Waals surface area contributed by atoms with Crippen LogP contribution in [-0.4, -0.2) is 62.3 Å². The van der Waals surface area contributed by atoms with Crippen LogP contribution in [0.2, 0.25) is 0 Å². The number of aromatic nitrogens is 3. The van der Waals surface area contributed by atoms with E-state index < -0.39 is 6.61 Å². The molecule has 5 rings (SSSR count). The van der Waals surface area contributed by atoms with Gasteiger partial charge < -0.3 is 9.64 Å². The average Bonchev–Trinajstić information content (AvgIpc) is 3.67. The van der Waals surface area contributed by atoms with Crippen LogP contribution < -0.4 is 4.74 Å². The van der Waals surface area contributed by atoms with E-state index in [0.717, 1.165) is 29.7 Å². The highest BCUT2D eigenvalue weighted by atomic mass is 19.3. The lowest BCUT2D eigenvalue weighted by molar-refractivity contribution is -0.130. The van der Waals surface area contributed by atoms with Crippen molar-refractivity contribution < 1.29 is 18.3 Å². The molecule has 1 aliphatic heterocycles. The van der Waals surface area contributed by atoms with Gasteiger partial charge >= 0.3 is 6.61 Å². The third kappa shape index (κ3) is 6.03. The van der Waals surface area contributed by atoms with Crippen molar-refractivity contribution in [2.45, 2.75) is 64.9 Å². The zero-order valence-electron chi connectivity index (χ0n) is 22.8. The molecule has 0 spiro atoms. The molecule has 39 heavy (non-hydrogen) atoms. The number of carbonyl (C=O) groups is 1. The van der Waals surface area contributed by atoms with E-state index in [4.69, 9.17) is 5.10 Å². The number of rotatable bonds is 8. The molecule has 1 amide bonds. The summed E-state index contributed by atoms with van der Waals surface area (Å²) >= 11 is 0. The molecule has 206 valence electrons. The van der Waals surface area contributed by atoms with Gasteiger partial charge in [-0.3, -0.25) is 19.4 Å². The Morgan fingerprint density at radius 3 is 2.59 bits per heavy atom. The highest BCUT2D eigenvalue weighted by Crippen LogP contribution is 2.43. The van der Waals surface area contributed by atoms with Gasteiger partial charge in [0.2, 0.25) is 5.91 Å². The van der Waals surface area contributed by atoms with Crippen molar-refractivity contribution >= 4 is 5.91 Å². The molecule has 0 N–H and O–H groups in total. The monoisotopic (exact) mass is 535 g/mol. The minimum Gasteiger partial charge on any atom is -0.435 e. The second-order valence-electron chi connectivity index (χ2n) is 11.3. The molecule has 1 saturated carbocycles. The number of fused-ring (bicyclic) bond motifs is 1. The minimum absolute atomic E-state index is 0.00350. The van der Waals surface area contributed by atoms with Crippen LogP contribution in [0.25, 0.3) is 22.4 Å². The number of nitrogens with zero attached hydrogens (tertiary/aromatic N) is 5. The molecule has 1 atom stereocenters. The summed E-state index contributed by atoms with van der Waals surface area (Å²) in [6.45, 7) is 5.20. The van der Waals surface area contributed by atoms with E-state index in [9.17, 15) is 13.6 Å². The predicted octanol–water partition coefficient (Wildman–Crippen LogP) is 5.62. The van der Waals surface area contributed by atoms with Gasteiger partial charge in [-0.05, 0) is 76.4 Å². The van der Waals surface area contributed by atoms with Crippen molar-refractivity contribution in [3.8, 4) is 28.1 Å². The Balaban J connectivity index is 1.52. The molecule has 1 aliphatic carbocycles. The Bertz CT molecular complexity index is 1350. The van der Waals surface area contributed by atoms with Crippen molar-refractivity contribution in [3.05, 3.63) is 66.6 Å². The number of ether oxygens (including phenoxy) is 1. The van der Waals surface area contributed by atoms with Crippen molar-refractivity contribution in [2.75, 3.05) is 13.6 Å². The topological polar surface area (TPSA) is 63.5 Å². The lowest BCUT2D eigenvalue weighted by Gasteiger charge is -2.36. The van der Waals surface area contributed by atoms with Gasteiger partial charge in [0.1, 0.15) is 11.4 Å². The van der Waals surface area contributed by atoms with Crippen LogP contribution in [0, 0.1) is 5.92 Å². The van der Waals surface area contributed by atoms with E-state index >= 15 is 0 Å². The van der Waals surface area contributed by atoms with E-state index in [1.54, 1.807) is 30.6 Å². The van der Waals surface area contributed by atoms with Crippen molar-refractivity contribution in [1.29, 1.82) is 0 Å². The van der Waals surface area contributed by atoms with Crippen LogP contribution in [0.1, 0.15) is 39.3 Å². The Labute approximate surface area is 228 Å². The summed E-state index contributed by atoms with van der Waals surface area (Å²) in [6, 6.07) is 10.5. The number of pyridine rings is 1. The van der Waals surface area contributed by atoms with Crippen molar-refractivity contribution in [1.82, 2.24) is 24.6 Å². The van der Waals surface area contributed by atoms with Gasteiger partial charge in [0.15, 0.2) is 0 Å². The molecule has 1 aromatic carbocycles. The van der Waals surface area contributed by atoms with Gasteiger partial charge in [-0.15, -0.1) is 0 Å². The molecular weight excluding hydrogens is 500 g/mol. The quantitative estimate of drug-likeness (QED) is 0.351. The summed E-state index contributed by atoms with van der Waals surface area (Å²) in [6.07, 6.45) is 9.26. The number of hydrogen-bond donors (Lipinski definition) is 0. The third-order valence-electron chi connectivity index (χ3n) is 7.67. The molecule has 2 aromatic heterocycles. The smallest absolute Gasteiger partial charge is 0.387 e. The summed E-state index contributed by atoms with van der Waals surface area (Å²) in [7, 11) is 2.05. The molecule has 1 fully saturated rings. The second-order valence-corrected chi connectivity index (χ2v) is 11.3. The first-order chi connectivity index (χ1) is 18.6. The first-order valence-electron chi connectivity index (χ1n) is 13.4. The fraction of sp³-hybridized carbons (Fsp3) is 0.433. The fourth-order valence-electron chi connectivity index (χ4n) is 5.01. The van der Waals surface area contributed by atoms with Gasteiger partial charge in [-0.25, -0.2) is 0 Å². The standard InChI is InChI=1S/C30H35F2N5O2/c1-30(2,3)35(4)16-6-9-26(38)36-18-25-27(21-12-14-33-15-13-21)28(34-37(25)19-24(36)20-10-11-20)22-7-5-8-23(17-22)39-29(31)32/h5-9,12-15,17,20,24,29H,10-11,16,18-19H2,1-4H3/b9-6+/t24-/m1/s1. The van der Waals surface area contributed by atoms with E-state index in [2.05, 4.69) is 35.4 Å². The van der Waals surface area contributed by atoms with Crippen LogP contribution in [0.5, 0.6) is 5.75 Å². The third-order valence-corrected chi connectivity index (χ3v) is 7.67. The highest BCUT2D eigenvalue weighted by Gasteiger charge is 2.41. The zero-order valence-corrected chi connectivity index (χ0v) is 22.8. The second kappa shape index (κ2) is 10.9. The number of halogens is 2. The Morgan fingerprint density at radius 1 is 1.18 bits per heavy atom. The number of alkyl halides is 2. The molecule has 0 unspecified atom stereocenters. The van der Waals surface area contributed by atoms with Crippen molar-refractivity contribution in [3.63, 3.8) is 0 Å². The number of carbonyl (C=O) groups excluding carboxylic acids is 1. The Hall–Kier alpha value is -3.59. The van der Waals surface area contributed by atoms with E-state index in [0.29, 0.717) is 36.8 Å². The number of amides is 1. The first kappa shape index (κ1) is 27.0. The summed E-state index contributed by atoms with van der Waals surface area (Å²) in [5.74, 6) is 0.524. The van der Waals surface area contributed by atoms with E-state index in [1.807, 2.05) is 40.9 Å². The van der Waals surface area contributed by atoms with Gasteiger partial charge in [0, 0.05) is 41.7 Å². The van der Waals surface area contributed by atoms with E-state index in [-0.39, 0.29) is 23.2 Å². The summed E-state index contributed by atoms with van der Waals surface area (Å²) in [5, 5.41) is 4.97. The summed E-state index contributed by atoms with van der Waals surface area (Å²) in [4.78, 5) is 21.9. The minimum atomic E-state index is -2.91. The van der Waals surface area contributed by atoms with Crippen molar-refractivity contribution in [2.24, 2.45) is 5.92 Å². The lowest BCUT2D eigenvalue weighted by Crippen LogP contribution is -2.47. The van der Waals surface area contributed by atoms with Crippen LogP contribution in [-0.2, 0) is 17.9 Å². The number of benzene rings is 1. The fourth-order valence-corrected chi connectivity index (χ4v) is 5.01. The zero-order chi connectivity index (χ0) is 27.7. The van der Waals surface area contributed by atoms with Crippen LogP contribution in [0.3, 0.4) is 0 Å². The van der Waals surface area contributed by atoms with Gasteiger partial charge in [-0.2, -0.15) is 13.9 Å². The SMILES string of the molecule is CN(C/C=C/C(=O)N1Cc2c(-c3ccncc3)c(-c3cccc(OC(F)F)c3)nn2C[C@@H]1C1CC1)C(C)(C)C. The summed E-state index contributed by atoms with van der Waals surface area (Å²) in [5.41, 5.74) is 4.04. The molecule has 0 saturated heterocycles. The number of likely N-dealkylation sites (N-methyl/N-ethyl adjacent to an activating group) is 1. The maximum atomic E-state index is 13.5. The largest absolute Gasteiger partial charge is 0.435 e. The molecule has 2 aliphatic rings. The van der Waals surface area contributed by atoms with Gasteiger partial charge in [-0.1, -0.05) is 18.2 Å². The molecule has 3 heterocycles. The van der Waals surface area contributed by atoms with Crippen LogP contribution >= 0.6 is 0 Å². The average molecular weight is 536 g/mol. The Kier molecular flexibility index (Phi) is 7.53. The maximum absolute atomic E-state index is 13.5. The Morgan fingerprint density at radius 2 is 1.92 bits per heavy atom. The van der Waals surface area contributed by atoms with Gasteiger partial charge in [0.25, 0.3) is 0 Å².